The molecule has 1 aromatic rings. The van der Waals surface area contributed by atoms with Gasteiger partial charge in [-0.3, -0.25) is 0 Å². The van der Waals surface area contributed by atoms with Crippen LogP contribution in [-0.4, -0.2) is 34.0 Å². The lowest BCUT2D eigenvalue weighted by Gasteiger charge is -2.17. The van der Waals surface area contributed by atoms with Gasteiger partial charge in [-0.1, -0.05) is 38.3 Å². The quantitative estimate of drug-likeness (QED) is 0.337. The summed E-state index contributed by atoms with van der Waals surface area (Å²) in [6, 6.07) is 7.16. The van der Waals surface area contributed by atoms with Gasteiger partial charge in [0.15, 0.2) is 5.96 Å². The largest absolute Gasteiger partial charge is 0.357 e. The number of guanidine groups is 1. The second kappa shape index (κ2) is 11.1. The van der Waals surface area contributed by atoms with Gasteiger partial charge in [0, 0.05) is 12.6 Å². The molecule has 0 spiro atoms. The molecule has 0 amide bonds. The summed E-state index contributed by atoms with van der Waals surface area (Å²) in [4.78, 5) is 4.85. The van der Waals surface area contributed by atoms with Gasteiger partial charge in [0.25, 0.3) is 0 Å². The summed E-state index contributed by atoms with van der Waals surface area (Å²) >= 11 is 0. The molecule has 7 heteroatoms. The lowest BCUT2D eigenvalue weighted by molar-refractivity contribution is 0.547. The Morgan fingerprint density at radius 1 is 1.16 bits per heavy atom. The Labute approximate surface area is 152 Å². The minimum atomic E-state index is -3.39. The molecule has 0 aliphatic rings. The number of hydrogen-bond acceptors (Lipinski definition) is 3. The van der Waals surface area contributed by atoms with Gasteiger partial charge in [0.2, 0.25) is 10.0 Å². The Kier molecular flexibility index (Phi) is 9.52. The molecule has 6 nitrogen and oxygen atoms in total. The van der Waals surface area contributed by atoms with E-state index in [1.807, 2.05) is 6.92 Å². The number of nitrogens with zero attached hydrogens (tertiary/aromatic N) is 1. The molecule has 0 saturated carbocycles. The molecular weight excluding hydrogens is 336 g/mol. The van der Waals surface area contributed by atoms with Crippen LogP contribution in [0, 0.1) is 0 Å². The predicted molar refractivity (Wildman–Crippen MR) is 104 cm³/mol. The highest BCUT2D eigenvalue weighted by Gasteiger charge is 2.10. The topological polar surface area (TPSA) is 82.6 Å². The van der Waals surface area contributed by atoms with E-state index in [4.69, 9.17) is 0 Å². The van der Waals surface area contributed by atoms with Crippen LogP contribution < -0.4 is 15.4 Å². The fourth-order valence-corrected chi connectivity index (χ4v) is 3.12. The van der Waals surface area contributed by atoms with E-state index in [1.165, 1.54) is 26.3 Å². The SMILES string of the molecule is CCCCCC(C)NC(=NCc1ccc(S(=O)(=O)NC)cc1)NCC. The molecule has 0 radical (unpaired) electrons. The molecule has 1 rings (SSSR count). The van der Waals surface area contributed by atoms with E-state index >= 15 is 0 Å². The summed E-state index contributed by atoms with van der Waals surface area (Å²) in [5.41, 5.74) is 0.964. The summed E-state index contributed by atoms with van der Waals surface area (Å²) in [6.07, 6.45) is 4.81. The molecule has 142 valence electrons. The van der Waals surface area contributed by atoms with Crippen molar-refractivity contribution in [2.45, 2.75) is 63.9 Å². The van der Waals surface area contributed by atoms with Crippen molar-refractivity contribution in [1.29, 1.82) is 0 Å². The average molecular weight is 369 g/mol. The smallest absolute Gasteiger partial charge is 0.240 e. The molecule has 0 bridgehead atoms. The summed E-state index contributed by atoms with van der Waals surface area (Å²) in [5.74, 6) is 0.790. The molecule has 0 aliphatic heterocycles. The second-order valence-electron chi connectivity index (χ2n) is 6.09. The minimum absolute atomic E-state index is 0.261. The van der Waals surface area contributed by atoms with Crippen molar-refractivity contribution in [3.8, 4) is 0 Å². The zero-order valence-corrected chi connectivity index (χ0v) is 16.6. The molecule has 1 unspecified atom stereocenters. The second-order valence-corrected chi connectivity index (χ2v) is 7.97. The number of nitrogens with one attached hydrogen (secondary N) is 3. The van der Waals surface area contributed by atoms with Gasteiger partial charge in [-0.05, 0) is 45.0 Å². The first-order valence-corrected chi connectivity index (χ1v) is 10.5. The van der Waals surface area contributed by atoms with Crippen LogP contribution in [0.3, 0.4) is 0 Å². The van der Waals surface area contributed by atoms with Gasteiger partial charge in [0.05, 0.1) is 11.4 Å². The Balaban J connectivity index is 2.67. The first-order valence-electron chi connectivity index (χ1n) is 9.00. The molecule has 1 atom stereocenters. The third-order valence-electron chi connectivity index (χ3n) is 3.89. The van der Waals surface area contributed by atoms with Crippen LogP contribution in [0.2, 0.25) is 0 Å². The highest BCUT2D eigenvalue weighted by atomic mass is 32.2. The van der Waals surface area contributed by atoms with Crippen molar-refractivity contribution in [3.05, 3.63) is 29.8 Å². The van der Waals surface area contributed by atoms with Gasteiger partial charge in [-0.2, -0.15) is 0 Å². The van der Waals surface area contributed by atoms with E-state index in [0.717, 1.165) is 24.5 Å². The van der Waals surface area contributed by atoms with E-state index in [0.29, 0.717) is 12.6 Å². The maximum atomic E-state index is 11.7. The molecule has 25 heavy (non-hydrogen) atoms. The molecule has 0 aromatic heterocycles. The van der Waals surface area contributed by atoms with Gasteiger partial charge >= 0.3 is 0 Å². The third-order valence-corrected chi connectivity index (χ3v) is 5.32. The summed E-state index contributed by atoms with van der Waals surface area (Å²) in [7, 11) is -1.99. The van der Waals surface area contributed by atoms with Crippen LogP contribution in [0.1, 0.15) is 52.0 Å². The number of hydrogen-bond donors (Lipinski definition) is 3. The fraction of sp³-hybridized carbons (Fsp3) is 0.611. The van der Waals surface area contributed by atoms with E-state index in [9.17, 15) is 8.42 Å². The van der Waals surface area contributed by atoms with E-state index in [-0.39, 0.29) is 4.90 Å². The first-order chi connectivity index (χ1) is 11.9. The molecule has 3 N–H and O–H groups in total. The Hall–Kier alpha value is -1.60. The maximum Gasteiger partial charge on any atom is 0.240 e. The zero-order chi connectivity index (χ0) is 18.7. The van der Waals surface area contributed by atoms with E-state index in [1.54, 1.807) is 24.3 Å². The van der Waals surface area contributed by atoms with Crippen molar-refractivity contribution in [2.24, 2.45) is 4.99 Å². The minimum Gasteiger partial charge on any atom is -0.357 e. The normalized spacial score (nSPS) is 13.5. The van der Waals surface area contributed by atoms with E-state index in [2.05, 4.69) is 34.2 Å². The van der Waals surface area contributed by atoms with Crippen molar-refractivity contribution >= 4 is 16.0 Å². The molecular formula is C18H32N4O2S. The van der Waals surface area contributed by atoms with Crippen molar-refractivity contribution in [3.63, 3.8) is 0 Å². The monoisotopic (exact) mass is 368 g/mol. The average Bonchev–Trinajstić information content (AvgIpc) is 2.60. The zero-order valence-electron chi connectivity index (χ0n) is 15.8. The molecule has 1 aromatic carbocycles. The van der Waals surface area contributed by atoms with Gasteiger partial charge in [0.1, 0.15) is 0 Å². The molecule has 0 aliphatic carbocycles. The number of rotatable bonds is 10. The number of sulfonamides is 1. The maximum absolute atomic E-state index is 11.7. The van der Waals surface area contributed by atoms with Crippen LogP contribution in [0.4, 0.5) is 0 Å². The number of benzene rings is 1. The van der Waals surface area contributed by atoms with E-state index < -0.39 is 10.0 Å². The third kappa shape index (κ3) is 7.88. The summed E-state index contributed by atoms with van der Waals surface area (Å²) in [5, 5.41) is 6.68. The molecule has 0 fully saturated rings. The lowest BCUT2D eigenvalue weighted by atomic mass is 10.1. The Morgan fingerprint density at radius 2 is 1.84 bits per heavy atom. The highest BCUT2D eigenvalue weighted by Crippen LogP contribution is 2.11. The Bertz CT molecular complexity index is 627. The summed E-state index contributed by atoms with van der Waals surface area (Å²) < 4.78 is 25.8. The van der Waals surface area contributed by atoms with Crippen LogP contribution in [0.25, 0.3) is 0 Å². The highest BCUT2D eigenvalue weighted by molar-refractivity contribution is 7.89. The number of aliphatic imine (C=N–C) groups is 1. The van der Waals surface area contributed by atoms with Crippen molar-refractivity contribution < 1.29 is 8.42 Å². The fourth-order valence-electron chi connectivity index (χ4n) is 2.39. The first kappa shape index (κ1) is 21.4. The van der Waals surface area contributed by atoms with Crippen LogP contribution in [0.15, 0.2) is 34.2 Å². The Morgan fingerprint density at radius 3 is 2.40 bits per heavy atom. The van der Waals surface area contributed by atoms with Crippen molar-refractivity contribution in [1.82, 2.24) is 15.4 Å². The summed E-state index contributed by atoms with van der Waals surface area (Å²) in [6.45, 7) is 7.71. The number of unbranched alkanes of at least 4 members (excludes halogenated alkanes) is 2. The van der Waals surface area contributed by atoms with Crippen LogP contribution in [-0.2, 0) is 16.6 Å². The van der Waals surface area contributed by atoms with Crippen molar-refractivity contribution in [2.75, 3.05) is 13.6 Å². The van der Waals surface area contributed by atoms with Crippen LogP contribution in [0.5, 0.6) is 0 Å². The lowest BCUT2D eigenvalue weighted by Crippen LogP contribution is -2.42. The van der Waals surface area contributed by atoms with Crippen LogP contribution >= 0.6 is 0 Å². The van der Waals surface area contributed by atoms with Gasteiger partial charge in [-0.25, -0.2) is 18.1 Å². The van der Waals surface area contributed by atoms with Gasteiger partial charge in [-0.15, -0.1) is 0 Å². The molecule has 0 saturated heterocycles. The van der Waals surface area contributed by atoms with Gasteiger partial charge < -0.3 is 10.6 Å². The standard InChI is InChI=1S/C18H32N4O2S/c1-5-7-8-9-15(3)22-18(20-6-2)21-14-16-10-12-17(13-11-16)25(23,24)19-4/h10-13,15,19H,5-9,14H2,1-4H3,(H2,20,21,22). The molecule has 0 heterocycles. The predicted octanol–water partition coefficient (Wildman–Crippen LogP) is 2.62.